The van der Waals surface area contributed by atoms with Crippen molar-refractivity contribution in [3.63, 3.8) is 0 Å². The lowest BCUT2D eigenvalue weighted by Crippen LogP contribution is -2.02. The summed E-state index contributed by atoms with van der Waals surface area (Å²) in [4.78, 5) is 0. The average molecular weight is 808 g/mol. The first-order chi connectivity index (χ1) is 28.8. The van der Waals surface area contributed by atoms with Crippen LogP contribution in [-0.2, 0) is 19.3 Å². The van der Waals surface area contributed by atoms with Crippen LogP contribution in [0.15, 0.2) is 18.2 Å². The Balaban J connectivity index is 1.97. The Kier molecular flexibility index (Phi) is 45.0. The average Bonchev–Trinajstić information content (AvgIpc) is 3.24. The van der Waals surface area contributed by atoms with E-state index >= 15 is 0 Å². The van der Waals surface area contributed by atoms with E-state index in [-0.39, 0.29) is 0 Å². The summed E-state index contributed by atoms with van der Waals surface area (Å²) < 4.78 is 0. The van der Waals surface area contributed by atoms with Crippen LogP contribution in [0.3, 0.4) is 0 Å². The highest BCUT2D eigenvalue weighted by atomic mass is 14.1. The maximum atomic E-state index is 2.48. The normalized spacial score (nSPS) is 11.6. The molecule has 0 saturated heterocycles. The fourth-order valence-electron chi connectivity index (χ4n) is 9.68. The van der Waals surface area contributed by atoms with Gasteiger partial charge < -0.3 is 0 Å². The number of hydrogen-bond acceptors (Lipinski definition) is 0. The van der Waals surface area contributed by atoms with Crippen LogP contribution in [0.5, 0.6) is 0 Å². The van der Waals surface area contributed by atoms with E-state index in [1.165, 1.54) is 315 Å². The van der Waals surface area contributed by atoms with Gasteiger partial charge in [0, 0.05) is 0 Å². The first-order valence-electron chi connectivity index (χ1n) is 27.9. The molecule has 0 fully saturated rings. The van der Waals surface area contributed by atoms with Crippen LogP contribution in [0.1, 0.15) is 333 Å². The van der Waals surface area contributed by atoms with Gasteiger partial charge in [-0.05, 0) is 55.2 Å². The fraction of sp³-hybridized carbons (Fsp3) is 0.897. The second kappa shape index (κ2) is 47.3. The highest BCUT2D eigenvalue weighted by molar-refractivity contribution is 5.36. The molecule has 0 spiro atoms. The van der Waals surface area contributed by atoms with Gasteiger partial charge >= 0.3 is 0 Å². The third-order valence-corrected chi connectivity index (χ3v) is 13.7. The van der Waals surface area contributed by atoms with Crippen LogP contribution >= 0.6 is 0 Å². The quantitative estimate of drug-likeness (QED) is 0.0576. The molecule has 0 atom stereocenters. The topological polar surface area (TPSA) is 0 Å². The molecule has 58 heavy (non-hydrogen) atoms. The van der Waals surface area contributed by atoms with Crippen molar-refractivity contribution in [2.75, 3.05) is 0 Å². The van der Waals surface area contributed by atoms with E-state index < -0.39 is 0 Å². The van der Waals surface area contributed by atoms with Crippen molar-refractivity contribution >= 4 is 0 Å². The Morgan fingerprint density at radius 2 is 0.397 bits per heavy atom. The van der Waals surface area contributed by atoms with Crippen LogP contribution in [0, 0.1) is 0 Å². The summed E-state index contributed by atoms with van der Waals surface area (Å²) in [5.41, 5.74) is 5.13. The molecule has 0 unspecified atom stereocenters. The second-order valence-electron chi connectivity index (χ2n) is 19.5. The summed E-state index contributed by atoms with van der Waals surface area (Å²) in [7, 11) is 0. The minimum Gasteiger partial charge on any atom is -0.0654 e. The smallest absolute Gasteiger partial charge is 0.0274 e. The Hall–Kier alpha value is -0.780. The standard InChI is InChI=1S/C58H110/c1-4-7-10-12-14-16-18-20-22-24-26-28-30-32-34-36-38-40-42-44-46-48-51-56-53-50-54-57(58(56)55-9-6-3)52-49-47-45-43-41-39-37-35-33-31-29-27-25-23-21-19-17-15-13-11-8-5-2/h50,53-54H,4-49,51-52,55H2,1-3H3. The van der Waals surface area contributed by atoms with Gasteiger partial charge in [-0.1, -0.05) is 315 Å². The zero-order valence-corrected chi connectivity index (χ0v) is 40.9. The van der Waals surface area contributed by atoms with E-state index in [4.69, 9.17) is 0 Å². The molecule has 0 N–H and O–H groups in total. The highest BCUT2D eigenvalue weighted by Gasteiger charge is 2.09. The summed E-state index contributed by atoms with van der Waals surface area (Å²) in [5.74, 6) is 0. The van der Waals surface area contributed by atoms with E-state index in [1.54, 1.807) is 16.7 Å². The molecular formula is C58H110. The minimum absolute atomic E-state index is 1.31. The predicted octanol–water partition coefficient (Wildman–Crippen LogP) is 21.3. The first-order valence-corrected chi connectivity index (χ1v) is 27.9. The van der Waals surface area contributed by atoms with Crippen molar-refractivity contribution in [1.29, 1.82) is 0 Å². The zero-order chi connectivity index (χ0) is 41.5. The van der Waals surface area contributed by atoms with Crippen LogP contribution in [0.2, 0.25) is 0 Å². The maximum absolute atomic E-state index is 2.48. The zero-order valence-electron chi connectivity index (χ0n) is 40.9. The lowest BCUT2D eigenvalue weighted by atomic mass is 9.90. The highest BCUT2D eigenvalue weighted by Crippen LogP contribution is 2.24. The van der Waals surface area contributed by atoms with Crippen LogP contribution in [-0.4, -0.2) is 0 Å². The van der Waals surface area contributed by atoms with Crippen molar-refractivity contribution in [2.24, 2.45) is 0 Å². The monoisotopic (exact) mass is 807 g/mol. The van der Waals surface area contributed by atoms with Crippen molar-refractivity contribution in [1.82, 2.24) is 0 Å². The van der Waals surface area contributed by atoms with E-state index in [2.05, 4.69) is 39.0 Å². The van der Waals surface area contributed by atoms with Gasteiger partial charge in [0.15, 0.2) is 0 Å². The SMILES string of the molecule is CCCCCCCCCCCCCCCCCCCCCCCCc1cccc(CCCCCCCCCCCCCCCCCCCCCCCC)c1CCCC. The van der Waals surface area contributed by atoms with E-state index in [0.717, 1.165) is 0 Å². The van der Waals surface area contributed by atoms with E-state index in [1.807, 2.05) is 0 Å². The summed E-state index contributed by atoms with van der Waals surface area (Å²) in [6.45, 7) is 6.99. The van der Waals surface area contributed by atoms with Gasteiger partial charge in [-0.3, -0.25) is 0 Å². The van der Waals surface area contributed by atoms with E-state index in [9.17, 15) is 0 Å². The van der Waals surface area contributed by atoms with Crippen molar-refractivity contribution in [2.45, 2.75) is 335 Å². The Labute approximate surface area is 368 Å². The molecule has 1 aromatic rings. The Bertz CT molecular complexity index is 831. The van der Waals surface area contributed by atoms with Crippen molar-refractivity contribution in [3.8, 4) is 0 Å². The first kappa shape index (κ1) is 55.2. The molecule has 0 aliphatic carbocycles. The summed E-state index contributed by atoms with van der Waals surface area (Å²) in [5, 5.41) is 0. The molecule has 342 valence electrons. The molecule has 0 nitrogen and oxygen atoms in total. The Morgan fingerprint density at radius 1 is 0.207 bits per heavy atom. The third-order valence-electron chi connectivity index (χ3n) is 13.7. The van der Waals surface area contributed by atoms with Gasteiger partial charge in [-0.2, -0.15) is 0 Å². The minimum atomic E-state index is 1.31. The van der Waals surface area contributed by atoms with Gasteiger partial charge in [-0.15, -0.1) is 0 Å². The van der Waals surface area contributed by atoms with E-state index in [0.29, 0.717) is 0 Å². The summed E-state index contributed by atoms with van der Waals surface area (Å²) in [6.07, 6.45) is 71.0. The molecule has 0 aromatic heterocycles. The van der Waals surface area contributed by atoms with Crippen LogP contribution in [0.25, 0.3) is 0 Å². The largest absolute Gasteiger partial charge is 0.0654 e. The molecule has 0 aliphatic heterocycles. The van der Waals surface area contributed by atoms with Gasteiger partial charge in [0.25, 0.3) is 0 Å². The van der Waals surface area contributed by atoms with Crippen LogP contribution < -0.4 is 0 Å². The maximum Gasteiger partial charge on any atom is -0.0274 e. The van der Waals surface area contributed by atoms with Gasteiger partial charge in [0.1, 0.15) is 0 Å². The fourth-order valence-corrected chi connectivity index (χ4v) is 9.68. The number of hydrogen-bond donors (Lipinski definition) is 0. The molecule has 0 saturated carbocycles. The van der Waals surface area contributed by atoms with Crippen molar-refractivity contribution < 1.29 is 0 Å². The molecule has 1 aromatic carbocycles. The molecule has 0 heteroatoms. The van der Waals surface area contributed by atoms with Crippen molar-refractivity contribution in [3.05, 3.63) is 34.9 Å². The summed E-state index contributed by atoms with van der Waals surface area (Å²) >= 11 is 0. The van der Waals surface area contributed by atoms with Crippen LogP contribution in [0.4, 0.5) is 0 Å². The lowest BCUT2D eigenvalue weighted by Gasteiger charge is -2.15. The number of aryl methyl sites for hydroxylation is 2. The Morgan fingerprint density at radius 3 is 0.603 bits per heavy atom. The lowest BCUT2D eigenvalue weighted by molar-refractivity contribution is 0.519. The molecule has 0 amide bonds. The number of unbranched alkanes of at least 4 members (excludes halogenated alkanes) is 43. The molecule has 0 bridgehead atoms. The molecule has 0 aliphatic rings. The second-order valence-corrected chi connectivity index (χ2v) is 19.5. The van der Waals surface area contributed by atoms with Gasteiger partial charge in [0.2, 0.25) is 0 Å². The number of rotatable bonds is 49. The summed E-state index contributed by atoms with van der Waals surface area (Å²) in [6, 6.07) is 7.34. The van der Waals surface area contributed by atoms with Gasteiger partial charge in [0.05, 0.1) is 0 Å². The molecule has 0 heterocycles. The van der Waals surface area contributed by atoms with Gasteiger partial charge in [-0.25, -0.2) is 0 Å². The number of benzene rings is 1. The molecule has 0 radical (unpaired) electrons. The third kappa shape index (κ3) is 38.2. The molecular weight excluding hydrogens is 697 g/mol. The predicted molar refractivity (Wildman–Crippen MR) is 267 cm³/mol. The molecule has 1 rings (SSSR count).